The molecule has 5 heteroatoms. The predicted octanol–water partition coefficient (Wildman–Crippen LogP) is 1.20. The first-order valence-electron chi connectivity index (χ1n) is 4.55. The summed E-state index contributed by atoms with van der Waals surface area (Å²) >= 11 is 0. The number of esters is 1. The number of nitrogens with zero attached hydrogens (tertiary/aromatic N) is 1. The van der Waals surface area contributed by atoms with Crippen LogP contribution in [-0.2, 0) is 11.2 Å². The van der Waals surface area contributed by atoms with Crippen LogP contribution in [0.4, 0.5) is 0 Å². The van der Waals surface area contributed by atoms with E-state index in [9.17, 15) is 14.8 Å². The van der Waals surface area contributed by atoms with Crippen LogP contribution >= 0.6 is 0 Å². The molecule has 0 aliphatic heterocycles. The fourth-order valence-electron chi connectivity index (χ4n) is 1.58. The highest BCUT2D eigenvalue weighted by molar-refractivity contribution is 5.94. The largest absolute Gasteiger partial charge is 0.464 e. The van der Waals surface area contributed by atoms with Crippen molar-refractivity contribution in [3.05, 3.63) is 22.5 Å². The highest BCUT2D eigenvalue weighted by atomic mass is 16.5. The maximum atomic E-state index is 11.4. The molecule has 0 aliphatic rings. The van der Waals surface area contributed by atoms with Gasteiger partial charge in [-0.15, -0.1) is 0 Å². The lowest BCUT2D eigenvalue weighted by Crippen LogP contribution is -2.11. The van der Waals surface area contributed by atoms with Gasteiger partial charge in [-0.05, 0) is 18.9 Å². The SMILES string of the molecule is CCc1c(C=O)c(C)n(O)c1C(=O)OC. The molecule has 1 aromatic rings. The Kier molecular flexibility index (Phi) is 3.14. The molecule has 0 saturated heterocycles. The van der Waals surface area contributed by atoms with Crippen molar-refractivity contribution in [1.29, 1.82) is 0 Å². The Bertz CT molecular complexity index is 406. The third kappa shape index (κ3) is 1.60. The number of aromatic nitrogens is 1. The first-order valence-corrected chi connectivity index (χ1v) is 4.55. The van der Waals surface area contributed by atoms with E-state index in [1.165, 1.54) is 7.11 Å². The van der Waals surface area contributed by atoms with E-state index in [1.54, 1.807) is 13.8 Å². The first-order chi connectivity index (χ1) is 7.08. The average molecular weight is 211 g/mol. The lowest BCUT2D eigenvalue weighted by atomic mass is 10.1. The Morgan fingerprint density at radius 1 is 1.60 bits per heavy atom. The topological polar surface area (TPSA) is 68.5 Å². The smallest absolute Gasteiger partial charge is 0.358 e. The van der Waals surface area contributed by atoms with Crippen molar-refractivity contribution in [3.8, 4) is 0 Å². The average Bonchev–Trinajstić information content (AvgIpc) is 2.50. The van der Waals surface area contributed by atoms with Crippen LogP contribution in [0.25, 0.3) is 0 Å². The minimum Gasteiger partial charge on any atom is -0.464 e. The molecule has 82 valence electrons. The normalized spacial score (nSPS) is 10.1. The molecule has 1 heterocycles. The lowest BCUT2D eigenvalue weighted by molar-refractivity contribution is 0.0544. The molecule has 0 radical (unpaired) electrons. The molecule has 0 bridgehead atoms. The third-order valence-electron chi connectivity index (χ3n) is 2.38. The predicted molar refractivity (Wildman–Crippen MR) is 52.5 cm³/mol. The number of rotatable bonds is 3. The summed E-state index contributed by atoms with van der Waals surface area (Å²) in [4.78, 5) is 22.2. The Morgan fingerprint density at radius 2 is 2.20 bits per heavy atom. The molecule has 1 aromatic heterocycles. The highest BCUT2D eigenvalue weighted by Gasteiger charge is 2.24. The van der Waals surface area contributed by atoms with Gasteiger partial charge in [-0.25, -0.2) is 4.79 Å². The summed E-state index contributed by atoms with van der Waals surface area (Å²) in [5, 5.41) is 9.62. The van der Waals surface area contributed by atoms with E-state index >= 15 is 0 Å². The van der Waals surface area contributed by atoms with E-state index in [0.29, 0.717) is 34.3 Å². The van der Waals surface area contributed by atoms with Crippen molar-refractivity contribution >= 4 is 12.3 Å². The summed E-state index contributed by atoms with van der Waals surface area (Å²) in [6.07, 6.45) is 1.11. The lowest BCUT2D eigenvalue weighted by Gasteiger charge is -2.02. The Labute approximate surface area is 87.2 Å². The van der Waals surface area contributed by atoms with Crippen LogP contribution in [0.15, 0.2) is 0 Å². The molecule has 0 unspecified atom stereocenters. The van der Waals surface area contributed by atoms with Crippen LogP contribution in [0.3, 0.4) is 0 Å². The summed E-state index contributed by atoms with van der Waals surface area (Å²) in [6.45, 7) is 3.36. The van der Waals surface area contributed by atoms with Crippen LogP contribution in [0.5, 0.6) is 0 Å². The maximum absolute atomic E-state index is 11.4. The number of carbonyl (C=O) groups excluding carboxylic acids is 2. The highest BCUT2D eigenvalue weighted by Crippen LogP contribution is 2.21. The number of hydrogen-bond donors (Lipinski definition) is 1. The standard InChI is InChI=1S/C10H13NO4/c1-4-7-8(5-12)6(2)11(14)9(7)10(13)15-3/h5,14H,4H2,1-3H3. The van der Waals surface area contributed by atoms with Gasteiger partial charge in [0.15, 0.2) is 12.0 Å². The molecule has 5 nitrogen and oxygen atoms in total. The van der Waals surface area contributed by atoms with E-state index in [-0.39, 0.29) is 5.69 Å². The van der Waals surface area contributed by atoms with Gasteiger partial charge in [0.2, 0.25) is 0 Å². The number of aldehydes is 1. The first kappa shape index (κ1) is 11.3. The number of carbonyl (C=O) groups is 2. The van der Waals surface area contributed by atoms with Gasteiger partial charge in [0, 0.05) is 5.56 Å². The van der Waals surface area contributed by atoms with Gasteiger partial charge < -0.3 is 9.94 Å². The van der Waals surface area contributed by atoms with Crippen molar-refractivity contribution in [1.82, 2.24) is 4.73 Å². The molecule has 1 N–H and O–H groups in total. The summed E-state index contributed by atoms with van der Waals surface area (Å²) < 4.78 is 5.24. The molecule has 0 spiro atoms. The summed E-state index contributed by atoms with van der Waals surface area (Å²) in [5.41, 5.74) is 1.24. The quantitative estimate of drug-likeness (QED) is 0.463. The molecular formula is C10H13NO4. The molecule has 1 rings (SSSR count). The van der Waals surface area contributed by atoms with E-state index in [4.69, 9.17) is 0 Å². The van der Waals surface area contributed by atoms with Crippen molar-refractivity contribution < 1.29 is 19.5 Å². The van der Waals surface area contributed by atoms with Gasteiger partial charge >= 0.3 is 5.97 Å². The fraction of sp³-hybridized carbons (Fsp3) is 0.400. The monoisotopic (exact) mass is 211 g/mol. The zero-order valence-electron chi connectivity index (χ0n) is 8.90. The fourth-order valence-corrected chi connectivity index (χ4v) is 1.58. The second-order valence-corrected chi connectivity index (χ2v) is 3.10. The van der Waals surface area contributed by atoms with E-state index in [1.807, 2.05) is 0 Å². The van der Waals surface area contributed by atoms with Gasteiger partial charge in [0.1, 0.15) is 0 Å². The molecule has 0 saturated carbocycles. The van der Waals surface area contributed by atoms with Gasteiger partial charge in [-0.3, -0.25) is 4.79 Å². The molecule has 0 aromatic carbocycles. The molecule has 0 fully saturated rings. The van der Waals surface area contributed by atoms with Gasteiger partial charge in [-0.1, -0.05) is 6.92 Å². The van der Waals surface area contributed by atoms with Gasteiger partial charge in [-0.2, -0.15) is 4.73 Å². The number of ether oxygens (including phenoxy) is 1. The van der Waals surface area contributed by atoms with Crippen LogP contribution < -0.4 is 0 Å². The van der Waals surface area contributed by atoms with Crippen molar-refractivity contribution in [2.24, 2.45) is 0 Å². The third-order valence-corrected chi connectivity index (χ3v) is 2.38. The van der Waals surface area contributed by atoms with E-state index in [2.05, 4.69) is 4.74 Å². The Hall–Kier alpha value is -1.78. The molecular weight excluding hydrogens is 198 g/mol. The van der Waals surface area contributed by atoms with Crippen molar-refractivity contribution in [3.63, 3.8) is 0 Å². The molecule has 0 atom stereocenters. The van der Waals surface area contributed by atoms with Crippen LogP contribution in [-0.4, -0.2) is 29.3 Å². The molecule has 15 heavy (non-hydrogen) atoms. The summed E-state index contributed by atoms with van der Waals surface area (Å²) in [5.74, 6) is -0.648. The summed E-state index contributed by atoms with van der Waals surface area (Å²) in [7, 11) is 1.23. The molecule has 0 amide bonds. The molecule has 0 aliphatic carbocycles. The minimum absolute atomic E-state index is 0.0274. The van der Waals surface area contributed by atoms with Crippen LogP contribution in [0, 0.1) is 6.92 Å². The van der Waals surface area contributed by atoms with Crippen molar-refractivity contribution in [2.45, 2.75) is 20.3 Å². The van der Waals surface area contributed by atoms with Crippen LogP contribution in [0.2, 0.25) is 0 Å². The second kappa shape index (κ2) is 4.16. The van der Waals surface area contributed by atoms with Crippen molar-refractivity contribution in [2.75, 3.05) is 7.11 Å². The Morgan fingerprint density at radius 3 is 2.60 bits per heavy atom. The number of methoxy groups -OCH3 is 1. The maximum Gasteiger partial charge on any atom is 0.358 e. The van der Waals surface area contributed by atoms with Crippen LogP contribution in [0.1, 0.15) is 39.0 Å². The van der Waals surface area contributed by atoms with Gasteiger partial charge in [0.25, 0.3) is 0 Å². The summed E-state index contributed by atoms with van der Waals surface area (Å²) in [6, 6.07) is 0. The zero-order chi connectivity index (χ0) is 11.6. The second-order valence-electron chi connectivity index (χ2n) is 3.10. The number of hydrogen-bond acceptors (Lipinski definition) is 4. The van der Waals surface area contributed by atoms with E-state index < -0.39 is 5.97 Å². The van der Waals surface area contributed by atoms with E-state index in [0.717, 1.165) is 0 Å². The zero-order valence-corrected chi connectivity index (χ0v) is 8.90. The van der Waals surface area contributed by atoms with Gasteiger partial charge in [0.05, 0.1) is 12.8 Å². The minimum atomic E-state index is -0.648. The Balaban J connectivity index is 3.49.